The van der Waals surface area contributed by atoms with E-state index in [4.69, 9.17) is 0 Å². The smallest absolute Gasteiger partial charge is 0.330 e. The molecular weight excluding hydrogens is 376 g/mol. The minimum absolute atomic E-state index is 0.0297. The lowest BCUT2D eigenvalue weighted by Crippen LogP contribution is -2.43. The van der Waals surface area contributed by atoms with Gasteiger partial charge in [-0.1, -0.05) is 12.1 Å². The molecule has 2 rings (SSSR count). The van der Waals surface area contributed by atoms with Crippen LogP contribution in [0, 0.1) is 0 Å². The predicted octanol–water partition coefficient (Wildman–Crippen LogP) is 2.48. The molecule has 5 nitrogen and oxygen atoms in total. The van der Waals surface area contributed by atoms with Crippen LogP contribution in [0.1, 0.15) is 18.4 Å². The van der Waals surface area contributed by atoms with Crippen LogP contribution in [0.5, 0.6) is 0 Å². The van der Waals surface area contributed by atoms with Crippen LogP contribution in [-0.4, -0.2) is 57.9 Å². The van der Waals surface area contributed by atoms with Gasteiger partial charge in [-0.15, -0.1) is 0 Å². The molecule has 26 heavy (non-hydrogen) atoms. The fourth-order valence-electron chi connectivity index (χ4n) is 2.70. The molecule has 0 atom stereocenters. The molecule has 0 unspecified atom stereocenters. The Hall–Kier alpha value is -1.23. The zero-order chi connectivity index (χ0) is 19.4. The molecule has 0 bridgehead atoms. The highest BCUT2D eigenvalue weighted by Crippen LogP contribution is 2.24. The minimum atomic E-state index is -4.23. The van der Waals surface area contributed by atoms with E-state index >= 15 is 0 Å². The monoisotopic (exact) mass is 398 g/mol. The molecule has 0 radical (unpaired) electrons. The molecular formula is C16H22F4N2O3S. The third kappa shape index (κ3) is 5.15. The second-order valence-electron chi connectivity index (χ2n) is 6.17. The molecule has 0 aromatic heterocycles. The third-order valence-electron chi connectivity index (χ3n) is 4.28. The quantitative estimate of drug-likeness (QED) is 0.684. The number of ether oxygens (including phenoxy) is 1. The fourth-order valence-corrected chi connectivity index (χ4v) is 4.24. The van der Waals surface area contributed by atoms with E-state index in [2.05, 4.69) is 10.1 Å². The van der Waals surface area contributed by atoms with E-state index in [1.165, 1.54) is 28.6 Å². The lowest BCUT2D eigenvalue weighted by Gasteiger charge is -2.31. The standard InChI is InChI=1S/C16H22F4N2O3S/c1-21-13-5-7-22(8-6-13)26(23,24)14-4-2-3-12(9-14)10-25-11-16(19,20)15(17)18/h2-4,9,13,15,21H,5-8,10-11H2,1H3. The van der Waals surface area contributed by atoms with Gasteiger partial charge in [-0.3, -0.25) is 0 Å². The van der Waals surface area contributed by atoms with E-state index in [0.717, 1.165) is 0 Å². The summed E-state index contributed by atoms with van der Waals surface area (Å²) in [5.74, 6) is -4.23. The second-order valence-corrected chi connectivity index (χ2v) is 8.11. The zero-order valence-corrected chi connectivity index (χ0v) is 15.1. The van der Waals surface area contributed by atoms with Crippen LogP contribution in [0.25, 0.3) is 0 Å². The summed E-state index contributed by atoms with van der Waals surface area (Å²) in [4.78, 5) is 0.0297. The molecule has 1 heterocycles. The van der Waals surface area contributed by atoms with Crippen molar-refractivity contribution in [3.05, 3.63) is 29.8 Å². The predicted molar refractivity (Wildman–Crippen MR) is 87.9 cm³/mol. The molecule has 0 saturated carbocycles. The van der Waals surface area contributed by atoms with E-state index in [1.54, 1.807) is 0 Å². The van der Waals surface area contributed by atoms with Crippen molar-refractivity contribution in [3.8, 4) is 0 Å². The van der Waals surface area contributed by atoms with Crippen molar-refractivity contribution in [2.45, 2.75) is 42.7 Å². The van der Waals surface area contributed by atoms with Gasteiger partial charge in [0.15, 0.2) is 0 Å². The Bertz CT molecular complexity index is 692. The van der Waals surface area contributed by atoms with Gasteiger partial charge in [0.1, 0.15) is 6.61 Å². The summed E-state index contributed by atoms with van der Waals surface area (Å²) >= 11 is 0. The van der Waals surface area contributed by atoms with Gasteiger partial charge in [-0.2, -0.15) is 13.1 Å². The summed E-state index contributed by atoms with van der Waals surface area (Å²) in [6.45, 7) is -1.04. The molecule has 0 amide bonds. The number of hydrogen-bond acceptors (Lipinski definition) is 4. The van der Waals surface area contributed by atoms with E-state index < -0.39 is 29.0 Å². The Balaban J connectivity index is 2.02. The number of alkyl halides is 4. The van der Waals surface area contributed by atoms with Crippen molar-refractivity contribution in [1.29, 1.82) is 0 Å². The Kier molecular flexibility index (Phi) is 7.00. The molecule has 10 heteroatoms. The summed E-state index contributed by atoms with van der Waals surface area (Å²) in [5.41, 5.74) is 0.321. The van der Waals surface area contributed by atoms with Crippen LogP contribution in [0.2, 0.25) is 0 Å². The van der Waals surface area contributed by atoms with Crippen LogP contribution >= 0.6 is 0 Å². The van der Waals surface area contributed by atoms with Crippen LogP contribution in [0.15, 0.2) is 29.2 Å². The van der Waals surface area contributed by atoms with Gasteiger partial charge in [0, 0.05) is 19.1 Å². The van der Waals surface area contributed by atoms with Crippen LogP contribution in [0.3, 0.4) is 0 Å². The lowest BCUT2D eigenvalue weighted by molar-refractivity contribution is -0.168. The van der Waals surface area contributed by atoms with Crippen molar-refractivity contribution >= 4 is 10.0 Å². The van der Waals surface area contributed by atoms with Crippen molar-refractivity contribution < 1.29 is 30.7 Å². The summed E-state index contributed by atoms with van der Waals surface area (Å²) < 4.78 is 81.3. The van der Waals surface area contributed by atoms with E-state index in [-0.39, 0.29) is 17.5 Å². The molecule has 0 aliphatic carbocycles. The number of sulfonamides is 1. The molecule has 148 valence electrons. The fraction of sp³-hybridized carbons (Fsp3) is 0.625. The Labute approximate surface area is 150 Å². The number of piperidine rings is 1. The lowest BCUT2D eigenvalue weighted by atomic mass is 10.1. The number of hydrogen-bond donors (Lipinski definition) is 1. The molecule has 0 spiro atoms. The number of rotatable bonds is 8. The number of nitrogens with zero attached hydrogens (tertiary/aromatic N) is 1. The molecule has 1 aromatic carbocycles. The van der Waals surface area contributed by atoms with Crippen LogP contribution in [-0.2, 0) is 21.4 Å². The van der Waals surface area contributed by atoms with Crippen molar-refractivity contribution in [2.24, 2.45) is 0 Å². The van der Waals surface area contributed by atoms with Crippen molar-refractivity contribution in [1.82, 2.24) is 9.62 Å². The van der Waals surface area contributed by atoms with Crippen molar-refractivity contribution in [3.63, 3.8) is 0 Å². The largest absolute Gasteiger partial charge is 0.370 e. The van der Waals surface area contributed by atoms with Gasteiger partial charge in [-0.25, -0.2) is 17.2 Å². The Morgan fingerprint density at radius 2 is 1.96 bits per heavy atom. The minimum Gasteiger partial charge on any atom is -0.370 e. The van der Waals surface area contributed by atoms with Gasteiger partial charge in [0.05, 0.1) is 11.5 Å². The van der Waals surface area contributed by atoms with E-state index in [0.29, 0.717) is 31.5 Å². The maximum Gasteiger partial charge on any atom is 0.330 e. The van der Waals surface area contributed by atoms with Crippen LogP contribution < -0.4 is 5.32 Å². The average molecular weight is 398 g/mol. The molecule has 1 fully saturated rings. The maximum absolute atomic E-state index is 12.8. The van der Waals surface area contributed by atoms with Gasteiger partial charge < -0.3 is 10.1 Å². The third-order valence-corrected chi connectivity index (χ3v) is 6.18. The zero-order valence-electron chi connectivity index (χ0n) is 14.3. The Morgan fingerprint density at radius 3 is 2.54 bits per heavy atom. The van der Waals surface area contributed by atoms with Gasteiger partial charge in [0.2, 0.25) is 10.0 Å². The topological polar surface area (TPSA) is 58.6 Å². The first kappa shape index (κ1) is 21.1. The Morgan fingerprint density at radius 1 is 1.31 bits per heavy atom. The summed E-state index contributed by atoms with van der Waals surface area (Å²) in [7, 11) is -1.87. The molecule has 1 aliphatic heterocycles. The SMILES string of the molecule is CNC1CCN(S(=O)(=O)c2cccc(COCC(F)(F)C(F)F)c2)CC1. The number of benzene rings is 1. The van der Waals surface area contributed by atoms with E-state index in [9.17, 15) is 26.0 Å². The molecule has 1 aliphatic rings. The van der Waals surface area contributed by atoms with Gasteiger partial charge in [-0.05, 0) is 37.6 Å². The van der Waals surface area contributed by atoms with Crippen LogP contribution in [0.4, 0.5) is 17.6 Å². The first-order valence-electron chi connectivity index (χ1n) is 8.17. The average Bonchev–Trinajstić information content (AvgIpc) is 2.61. The number of nitrogens with one attached hydrogen (secondary N) is 1. The molecule has 1 saturated heterocycles. The molecule has 1 aromatic rings. The first-order chi connectivity index (χ1) is 12.2. The highest BCUT2D eigenvalue weighted by Gasteiger charge is 2.41. The highest BCUT2D eigenvalue weighted by atomic mass is 32.2. The first-order valence-corrected chi connectivity index (χ1v) is 9.61. The highest BCUT2D eigenvalue weighted by molar-refractivity contribution is 7.89. The van der Waals surface area contributed by atoms with E-state index in [1.807, 2.05) is 7.05 Å². The summed E-state index contributed by atoms with van der Waals surface area (Å²) in [6, 6.07) is 5.97. The van der Waals surface area contributed by atoms with Crippen molar-refractivity contribution in [2.75, 3.05) is 26.7 Å². The second kappa shape index (κ2) is 8.64. The van der Waals surface area contributed by atoms with Gasteiger partial charge >= 0.3 is 12.3 Å². The maximum atomic E-state index is 12.8. The van der Waals surface area contributed by atoms with Gasteiger partial charge in [0.25, 0.3) is 0 Å². The number of halogens is 4. The molecule has 1 N–H and O–H groups in total. The summed E-state index contributed by atoms with van der Waals surface area (Å²) in [6.07, 6.45) is -2.42. The normalized spacial score (nSPS) is 17.8. The summed E-state index contributed by atoms with van der Waals surface area (Å²) in [5, 5.41) is 3.12.